The Hall–Kier alpha value is -0.200. The van der Waals surface area contributed by atoms with Crippen LogP contribution in [0.4, 0.5) is 13.2 Å². The molecule has 1 aromatic carbocycles. The quantitative estimate of drug-likeness (QED) is 0.792. The number of rotatable bonds is 1. The van der Waals surface area contributed by atoms with Crippen LogP contribution in [0, 0.1) is 0 Å². The number of benzene rings is 1. The molecule has 0 fully saturated rings. The van der Waals surface area contributed by atoms with Gasteiger partial charge in [-0.15, -0.1) is 0 Å². The molecule has 2 N–H and O–H groups in total. The predicted octanol–water partition coefficient (Wildman–Crippen LogP) is 3.43. The molecule has 6 heteroatoms. The van der Waals surface area contributed by atoms with Crippen LogP contribution in [0.1, 0.15) is 5.56 Å². The van der Waals surface area contributed by atoms with Crippen molar-refractivity contribution in [2.45, 2.75) is 11.1 Å². The zero-order chi connectivity index (χ0) is 10.1. The van der Waals surface area contributed by atoms with Crippen LogP contribution < -0.4 is 5.14 Å². The first-order chi connectivity index (χ1) is 5.93. The van der Waals surface area contributed by atoms with Crippen LogP contribution in [0.5, 0.6) is 0 Å². The fourth-order valence-corrected chi connectivity index (χ4v) is 1.83. The molecule has 1 aromatic rings. The summed E-state index contributed by atoms with van der Waals surface area (Å²) in [5.74, 6) is 0. The van der Waals surface area contributed by atoms with Gasteiger partial charge in [0, 0.05) is 9.37 Å². The van der Waals surface area contributed by atoms with Crippen LogP contribution in [0.3, 0.4) is 0 Å². The summed E-state index contributed by atoms with van der Waals surface area (Å²) in [5, 5.41) is 5.16. The molecule has 13 heavy (non-hydrogen) atoms. The summed E-state index contributed by atoms with van der Waals surface area (Å²) in [6.07, 6.45) is -4.33. The number of nitrogens with two attached hydrogens (primary N) is 1. The monoisotopic (exact) mass is 271 g/mol. The normalized spacial score (nSPS) is 11.8. The Bertz CT molecular complexity index is 313. The fraction of sp³-hybridized carbons (Fsp3) is 0.143. The molecule has 0 amide bonds. The lowest BCUT2D eigenvalue weighted by molar-refractivity contribution is -0.137. The summed E-state index contributed by atoms with van der Waals surface area (Å²) in [5.41, 5.74) is -0.699. The van der Waals surface area contributed by atoms with Gasteiger partial charge in [-0.2, -0.15) is 13.2 Å². The maximum Gasteiger partial charge on any atom is 0.416 e. The lowest BCUT2D eigenvalue weighted by Crippen LogP contribution is -2.04. The van der Waals surface area contributed by atoms with Crippen molar-refractivity contribution in [2.75, 3.05) is 0 Å². The highest BCUT2D eigenvalue weighted by molar-refractivity contribution is 9.10. The molecule has 0 bridgehead atoms. The standard InChI is InChI=1S/C7H5BrF3NS/c8-5-1-4(7(9,10)11)2-6(3-5)13-12/h1-3H,12H2. The molecule has 1 rings (SSSR count). The average Bonchev–Trinajstić information content (AvgIpc) is 2.01. The van der Waals surface area contributed by atoms with E-state index in [0.29, 0.717) is 9.37 Å². The van der Waals surface area contributed by atoms with Gasteiger partial charge in [-0.25, -0.2) is 0 Å². The molecule has 0 aliphatic carbocycles. The Morgan fingerprint density at radius 2 is 1.85 bits per heavy atom. The van der Waals surface area contributed by atoms with Crippen LogP contribution in [0.25, 0.3) is 0 Å². The van der Waals surface area contributed by atoms with Crippen molar-refractivity contribution in [2.24, 2.45) is 5.14 Å². The molecule has 0 radical (unpaired) electrons. The Kier molecular flexibility index (Phi) is 3.26. The van der Waals surface area contributed by atoms with E-state index in [1.807, 2.05) is 0 Å². The molecular weight excluding hydrogens is 267 g/mol. The smallest absolute Gasteiger partial charge is 0.274 e. The van der Waals surface area contributed by atoms with E-state index >= 15 is 0 Å². The van der Waals surface area contributed by atoms with E-state index in [4.69, 9.17) is 5.14 Å². The van der Waals surface area contributed by atoms with Crippen molar-refractivity contribution in [1.82, 2.24) is 0 Å². The summed E-state index contributed by atoms with van der Waals surface area (Å²) < 4.78 is 37.0. The summed E-state index contributed by atoms with van der Waals surface area (Å²) in [6, 6.07) is 3.55. The van der Waals surface area contributed by atoms with Crippen molar-refractivity contribution in [3.05, 3.63) is 28.2 Å². The first-order valence-corrected chi connectivity index (χ1v) is 4.85. The minimum absolute atomic E-state index is 0.371. The summed E-state index contributed by atoms with van der Waals surface area (Å²) in [6.45, 7) is 0. The average molecular weight is 272 g/mol. The molecule has 1 nitrogen and oxygen atoms in total. The SMILES string of the molecule is NSc1cc(Br)cc(C(F)(F)F)c1. The van der Waals surface area contributed by atoms with Crippen molar-refractivity contribution >= 4 is 27.9 Å². The molecule has 0 saturated heterocycles. The topological polar surface area (TPSA) is 26.0 Å². The number of halogens is 4. The summed E-state index contributed by atoms with van der Waals surface area (Å²) >= 11 is 3.76. The van der Waals surface area contributed by atoms with Gasteiger partial charge >= 0.3 is 6.18 Å². The number of hydrogen-bond acceptors (Lipinski definition) is 2. The Balaban J connectivity index is 3.16. The Morgan fingerprint density at radius 1 is 1.23 bits per heavy atom. The molecule has 0 unspecified atom stereocenters. The van der Waals surface area contributed by atoms with Gasteiger partial charge in [0.15, 0.2) is 0 Å². The molecule has 0 heterocycles. The minimum Gasteiger partial charge on any atom is -0.274 e. The molecular formula is C7H5BrF3NS. The van der Waals surface area contributed by atoms with Gasteiger partial charge in [0.2, 0.25) is 0 Å². The van der Waals surface area contributed by atoms with E-state index in [-0.39, 0.29) is 0 Å². The van der Waals surface area contributed by atoms with Crippen LogP contribution in [-0.2, 0) is 6.18 Å². The van der Waals surface area contributed by atoms with Crippen LogP contribution >= 0.6 is 27.9 Å². The van der Waals surface area contributed by atoms with Crippen LogP contribution in [-0.4, -0.2) is 0 Å². The van der Waals surface area contributed by atoms with E-state index in [1.165, 1.54) is 6.07 Å². The maximum atomic E-state index is 12.2. The van der Waals surface area contributed by atoms with Crippen molar-refractivity contribution in [3.63, 3.8) is 0 Å². The second-order valence-corrected chi connectivity index (χ2v) is 3.91. The van der Waals surface area contributed by atoms with E-state index in [0.717, 1.165) is 24.1 Å². The van der Waals surface area contributed by atoms with E-state index < -0.39 is 11.7 Å². The van der Waals surface area contributed by atoms with E-state index in [1.54, 1.807) is 0 Å². The number of alkyl halides is 3. The van der Waals surface area contributed by atoms with Gasteiger partial charge in [0.05, 0.1) is 5.56 Å². The summed E-state index contributed by atoms with van der Waals surface area (Å²) in [7, 11) is 0. The van der Waals surface area contributed by atoms with Gasteiger partial charge in [-0.05, 0) is 30.1 Å². The largest absolute Gasteiger partial charge is 0.416 e. The van der Waals surface area contributed by atoms with Crippen molar-refractivity contribution in [1.29, 1.82) is 0 Å². The van der Waals surface area contributed by atoms with Gasteiger partial charge in [-0.3, -0.25) is 5.14 Å². The maximum absolute atomic E-state index is 12.2. The van der Waals surface area contributed by atoms with E-state index in [2.05, 4.69) is 15.9 Å². The highest BCUT2D eigenvalue weighted by Crippen LogP contribution is 2.33. The summed E-state index contributed by atoms with van der Waals surface area (Å²) in [4.78, 5) is 0.377. The van der Waals surface area contributed by atoms with Crippen molar-refractivity contribution in [3.8, 4) is 0 Å². The van der Waals surface area contributed by atoms with Crippen molar-refractivity contribution < 1.29 is 13.2 Å². The van der Waals surface area contributed by atoms with Gasteiger partial charge in [0.1, 0.15) is 0 Å². The molecule has 0 aliphatic heterocycles. The van der Waals surface area contributed by atoms with Gasteiger partial charge in [-0.1, -0.05) is 15.9 Å². The molecule has 0 saturated carbocycles. The minimum atomic E-state index is -4.33. The Labute approximate surface area is 85.8 Å². The van der Waals surface area contributed by atoms with E-state index in [9.17, 15) is 13.2 Å². The first-order valence-electron chi connectivity index (χ1n) is 3.18. The van der Waals surface area contributed by atoms with Crippen LogP contribution in [0.15, 0.2) is 27.6 Å². The fourth-order valence-electron chi connectivity index (χ4n) is 0.794. The molecule has 0 aromatic heterocycles. The third kappa shape index (κ3) is 2.89. The second-order valence-electron chi connectivity index (χ2n) is 2.29. The molecule has 72 valence electrons. The highest BCUT2D eigenvalue weighted by atomic mass is 79.9. The zero-order valence-corrected chi connectivity index (χ0v) is 8.63. The van der Waals surface area contributed by atoms with Gasteiger partial charge < -0.3 is 0 Å². The first kappa shape index (κ1) is 10.9. The lowest BCUT2D eigenvalue weighted by atomic mass is 10.2. The molecule has 0 aliphatic rings. The zero-order valence-electron chi connectivity index (χ0n) is 6.23. The molecule has 0 spiro atoms. The lowest BCUT2D eigenvalue weighted by Gasteiger charge is -2.08. The third-order valence-electron chi connectivity index (χ3n) is 1.33. The van der Waals surface area contributed by atoms with Gasteiger partial charge in [0.25, 0.3) is 0 Å². The second kappa shape index (κ2) is 3.89. The van der Waals surface area contributed by atoms with Crippen LogP contribution in [0.2, 0.25) is 0 Å². The molecule has 0 atom stereocenters. The number of hydrogen-bond donors (Lipinski definition) is 1. The Morgan fingerprint density at radius 3 is 2.31 bits per heavy atom. The highest BCUT2D eigenvalue weighted by Gasteiger charge is 2.30. The predicted molar refractivity (Wildman–Crippen MR) is 49.2 cm³/mol. The third-order valence-corrected chi connectivity index (χ3v) is 2.30.